The quantitative estimate of drug-likeness (QED) is 0.817. The molecule has 1 fully saturated rings. The lowest BCUT2D eigenvalue weighted by atomic mass is 9.94. The van der Waals surface area contributed by atoms with Crippen molar-refractivity contribution in [1.29, 1.82) is 0 Å². The molecule has 0 saturated carbocycles. The zero-order chi connectivity index (χ0) is 19.0. The first kappa shape index (κ1) is 18.2. The summed E-state index contributed by atoms with van der Waals surface area (Å²) in [6.07, 6.45) is 3.80. The lowest BCUT2D eigenvalue weighted by Gasteiger charge is -2.35. The Morgan fingerprint density at radius 3 is 3.04 bits per heavy atom. The van der Waals surface area contributed by atoms with Crippen LogP contribution in [0.1, 0.15) is 64.1 Å². The first-order chi connectivity index (χ1) is 13.1. The second-order valence-corrected chi connectivity index (χ2v) is 7.25. The number of fused-ring (bicyclic) bond motifs is 1. The summed E-state index contributed by atoms with van der Waals surface area (Å²) in [6.45, 7) is 4.08. The summed E-state index contributed by atoms with van der Waals surface area (Å²) >= 11 is 0. The summed E-state index contributed by atoms with van der Waals surface area (Å²) < 4.78 is 18.1. The van der Waals surface area contributed by atoms with E-state index in [2.05, 4.69) is 5.16 Å². The van der Waals surface area contributed by atoms with Crippen LogP contribution >= 0.6 is 0 Å². The molecule has 1 amide bonds. The van der Waals surface area contributed by atoms with Gasteiger partial charge in [-0.1, -0.05) is 5.16 Å². The van der Waals surface area contributed by atoms with E-state index in [1.807, 2.05) is 16.6 Å². The van der Waals surface area contributed by atoms with Crippen LogP contribution in [0.3, 0.4) is 0 Å². The SMILES string of the molecule is COCc1c(C(=O)N2CCCCC2c2nn(C)c3c2COCC3)noc1C. The molecule has 146 valence electrons. The average Bonchev–Trinajstić information content (AvgIpc) is 3.22. The van der Waals surface area contributed by atoms with Gasteiger partial charge in [-0.15, -0.1) is 0 Å². The van der Waals surface area contributed by atoms with Crippen molar-refractivity contribution in [1.82, 2.24) is 19.8 Å². The Balaban J connectivity index is 1.69. The predicted molar refractivity (Wildman–Crippen MR) is 96.1 cm³/mol. The maximum atomic E-state index is 13.3. The maximum absolute atomic E-state index is 13.3. The van der Waals surface area contributed by atoms with Crippen LogP contribution in [0, 0.1) is 6.92 Å². The first-order valence-corrected chi connectivity index (χ1v) is 9.49. The van der Waals surface area contributed by atoms with Crippen molar-refractivity contribution in [2.45, 2.75) is 51.9 Å². The normalized spacial score (nSPS) is 20.0. The third-order valence-corrected chi connectivity index (χ3v) is 5.59. The standard InChI is InChI=1S/C19H26N4O4/c1-12-13(10-25-3)18(21-27-12)19(24)23-8-5-4-6-16(23)17-14-11-26-9-7-15(14)22(2)20-17/h16H,4-11H2,1-3H3. The van der Waals surface area contributed by atoms with E-state index in [0.29, 0.717) is 31.2 Å². The number of aromatic nitrogens is 3. The molecule has 4 heterocycles. The molecule has 1 unspecified atom stereocenters. The molecule has 0 N–H and O–H groups in total. The lowest BCUT2D eigenvalue weighted by molar-refractivity contribution is 0.0582. The Hall–Kier alpha value is -2.19. The fraction of sp³-hybridized carbons (Fsp3) is 0.632. The number of hydrogen-bond donors (Lipinski definition) is 0. The third-order valence-electron chi connectivity index (χ3n) is 5.59. The van der Waals surface area contributed by atoms with Crippen LogP contribution in [0.5, 0.6) is 0 Å². The molecule has 0 radical (unpaired) electrons. The topological polar surface area (TPSA) is 82.6 Å². The van der Waals surface area contributed by atoms with Crippen LogP contribution in [0.2, 0.25) is 0 Å². The molecule has 0 spiro atoms. The molecule has 8 heteroatoms. The monoisotopic (exact) mass is 374 g/mol. The van der Waals surface area contributed by atoms with Gasteiger partial charge >= 0.3 is 0 Å². The van der Waals surface area contributed by atoms with Crippen molar-refractivity contribution in [3.05, 3.63) is 34.0 Å². The minimum absolute atomic E-state index is 0.0599. The van der Waals surface area contributed by atoms with Crippen molar-refractivity contribution in [2.75, 3.05) is 20.3 Å². The molecule has 27 heavy (non-hydrogen) atoms. The van der Waals surface area contributed by atoms with Crippen molar-refractivity contribution in [3.63, 3.8) is 0 Å². The summed E-state index contributed by atoms with van der Waals surface area (Å²) in [5.41, 5.74) is 4.39. The lowest BCUT2D eigenvalue weighted by Crippen LogP contribution is -2.39. The van der Waals surface area contributed by atoms with Crippen LogP contribution in [0.4, 0.5) is 0 Å². The van der Waals surface area contributed by atoms with E-state index in [-0.39, 0.29) is 11.9 Å². The highest BCUT2D eigenvalue weighted by Crippen LogP contribution is 2.36. The molecule has 0 bridgehead atoms. The number of aryl methyl sites for hydroxylation is 2. The van der Waals surface area contributed by atoms with Crippen LogP contribution in [0.25, 0.3) is 0 Å². The van der Waals surface area contributed by atoms with Crippen LogP contribution in [-0.2, 0) is 36.2 Å². The molecular formula is C19H26N4O4. The first-order valence-electron chi connectivity index (χ1n) is 9.49. The Morgan fingerprint density at radius 2 is 2.22 bits per heavy atom. The minimum atomic E-state index is -0.111. The molecule has 2 aromatic rings. The average molecular weight is 374 g/mol. The van der Waals surface area contributed by atoms with Crippen molar-refractivity contribution < 1.29 is 18.8 Å². The van der Waals surface area contributed by atoms with Crippen molar-refractivity contribution >= 4 is 5.91 Å². The van der Waals surface area contributed by atoms with Gasteiger partial charge in [-0.2, -0.15) is 5.10 Å². The molecule has 8 nitrogen and oxygen atoms in total. The van der Waals surface area contributed by atoms with Gasteiger partial charge < -0.3 is 18.9 Å². The number of likely N-dealkylation sites (tertiary alicyclic amines) is 1. The van der Waals surface area contributed by atoms with Gasteiger partial charge in [0.15, 0.2) is 5.69 Å². The van der Waals surface area contributed by atoms with Crippen molar-refractivity contribution in [2.24, 2.45) is 7.05 Å². The van der Waals surface area contributed by atoms with E-state index in [1.54, 1.807) is 14.0 Å². The van der Waals surface area contributed by atoms with Gasteiger partial charge in [-0.05, 0) is 26.2 Å². The Morgan fingerprint density at radius 1 is 1.37 bits per heavy atom. The smallest absolute Gasteiger partial charge is 0.276 e. The van der Waals surface area contributed by atoms with Gasteiger partial charge in [0.1, 0.15) is 5.76 Å². The molecule has 0 aromatic carbocycles. The largest absolute Gasteiger partial charge is 0.380 e. The van der Waals surface area contributed by atoms with Crippen LogP contribution in [-0.4, -0.2) is 46.0 Å². The number of carbonyl (C=O) groups excluding carboxylic acids is 1. The molecule has 2 aromatic heterocycles. The highest BCUT2D eigenvalue weighted by molar-refractivity contribution is 5.94. The van der Waals surface area contributed by atoms with Gasteiger partial charge in [0.25, 0.3) is 5.91 Å². The molecule has 0 aliphatic carbocycles. The number of rotatable bonds is 4. The van der Waals surface area contributed by atoms with E-state index in [4.69, 9.17) is 19.1 Å². The van der Waals surface area contributed by atoms with E-state index < -0.39 is 0 Å². The molecule has 2 aliphatic rings. The van der Waals surface area contributed by atoms with Crippen LogP contribution in [0.15, 0.2) is 4.52 Å². The predicted octanol–water partition coefficient (Wildman–Crippen LogP) is 2.30. The van der Waals surface area contributed by atoms with Gasteiger partial charge in [-0.3, -0.25) is 9.48 Å². The Bertz CT molecular complexity index is 841. The van der Waals surface area contributed by atoms with E-state index in [1.165, 1.54) is 5.69 Å². The fourth-order valence-corrected chi connectivity index (χ4v) is 4.17. The minimum Gasteiger partial charge on any atom is -0.380 e. The van der Waals surface area contributed by atoms with Gasteiger partial charge in [0, 0.05) is 38.4 Å². The van der Waals surface area contributed by atoms with Gasteiger partial charge in [0.05, 0.1) is 37.1 Å². The summed E-state index contributed by atoms with van der Waals surface area (Å²) in [5.74, 6) is 0.511. The number of carbonyl (C=O) groups is 1. The van der Waals surface area contributed by atoms with Gasteiger partial charge in [0.2, 0.25) is 0 Å². The third kappa shape index (κ3) is 3.17. The van der Waals surface area contributed by atoms with E-state index in [0.717, 1.165) is 49.1 Å². The molecular weight excluding hydrogens is 348 g/mol. The number of amides is 1. The fourth-order valence-electron chi connectivity index (χ4n) is 4.17. The number of methoxy groups -OCH3 is 1. The van der Waals surface area contributed by atoms with Crippen LogP contribution < -0.4 is 0 Å². The maximum Gasteiger partial charge on any atom is 0.276 e. The van der Waals surface area contributed by atoms with Crippen molar-refractivity contribution in [3.8, 4) is 0 Å². The molecule has 1 saturated heterocycles. The molecule has 2 aliphatic heterocycles. The zero-order valence-corrected chi connectivity index (χ0v) is 16.2. The number of nitrogens with zero attached hydrogens (tertiary/aromatic N) is 4. The summed E-state index contributed by atoms with van der Waals surface area (Å²) in [7, 11) is 3.57. The molecule has 1 atom stereocenters. The number of hydrogen-bond acceptors (Lipinski definition) is 6. The number of ether oxygens (including phenoxy) is 2. The zero-order valence-electron chi connectivity index (χ0n) is 16.2. The summed E-state index contributed by atoms with van der Waals surface area (Å²) in [5, 5.41) is 8.81. The Labute approximate surface area is 158 Å². The second kappa shape index (κ2) is 7.44. The number of piperidine rings is 1. The summed E-state index contributed by atoms with van der Waals surface area (Å²) in [6, 6.07) is -0.0599. The van der Waals surface area contributed by atoms with E-state index in [9.17, 15) is 4.79 Å². The summed E-state index contributed by atoms with van der Waals surface area (Å²) in [4.78, 5) is 15.2. The molecule has 4 rings (SSSR count). The highest BCUT2D eigenvalue weighted by atomic mass is 16.5. The highest BCUT2D eigenvalue weighted by Gasteiger charge is 2.36. The van der Waals surface area contributed by atoms with E-state index >= 15 is 0 Å². The van der Waals surface area contributed by atoms with Gasteiger partial charge in [-0.25, -0.2) is 0 Å². The second-order valence-electron chi connectivity index (χ2n) is 7.25. The Kier molecular flexibility index (Phi) is 5.01.